The van der Waals surface area contributed by atoms with Crippen molar-refractivity contribution in [2.24, 2.45) is 0 Å². The van der Waals surface area contributed by atoms with Gasteiger partial charge in [0.1, 0.15) is 6.20 Å². The van der Waals surface area contributed by atoms with Crippen molar-refractivity contribution in [2.75, 3.05) is 0 Å². The minimum Gasteiger partial charge on any atom is -0.252 e. The van der Waals surface area contributed by atoms with E-state index in [1.807, 2.05) is 18.2 Å². The Morgan fingerprint density at radius 3 is 2.69 bits per heavy atom. The van der Waals surface area contributed by atoms with Crippen molar-refractivity contribution >= 4 is 0 Å². The summed E-state index contributed by atoms with van der Waals surface area (Å²) in [5.74, 6) is 0. The maximum atomic E-state index is 4.19. The zero-order valence-corrected chi connectivity index (χ0v) is 7.36. The first-order valence-corrected chi connectivity index (χ1v) is 4.12. The summed E-state index contributed by atoms with van der Waals surface area (Å²) in [6.45, 7) is 2.05. The first-order valence-electron chi connectivity index (χ1n) is 4.12. The highest BCUT2D eigenvalue weighted by atomic mass is 14.8. The standard InChI is InChI=1S/C11H9N2/c1-9-4-2-3-5-10(9)11-8-12-6-7-13-11/h2-7H,1H3. The molecule has 0 saturated heterocycles. The lowest BCUT2D eigenvalue weighted by atomic mass is 10.1. The molecule has 1 radical (unpaired) electrons. The van der Waals surface area contributed by atoms with E-state index in [2.05, 4.69) is 29.2 Å². The van der Waals surface area contributed by atoms with Crippen LogP contribution in [0.1, 0.15) is 5.56 Å². The van der Waals surface area contributed by atoms with Gasteiger partial charge in [-0.1, -0.05) is 24.3 Å². The summed E-state index contributed by atoms with van der Waals surface area (Å²) >= 11 is 0. The van der Waals surface area contributed by atoms with Crippen LogP contribution in [0, 0.1) is 13.1 Å². The molecule has 0 spiro atoms. The minimum atomic E-state index is 0.806. The molecule has 0 aliphatic heterocycles. The van der Waals surface area contributed by atoms with E-state index < -0.39 is 0 Å². The molecule has 1 aromatic heterocycles. The predicted octanol–water partition coefficient (Wildman–Crippen LogP) is 2.25. The Bertz CT molecular complexity index is 396. The molecule has 0 saturated carbocycles. The number of rotatable bonds is 1. The normalized spacial score (nSPS) is 9.92. The largest absolute Gasteiger partial charge is 0.252 e. The summed E-state index contributed by atoms with van der Waals surface area (Å²) in [4.78, 5) is 8.11. The number of aryl methyl sites for hydroxylation is 1. The first kappa shape index (κ1) is 7.92. The second-order valence-corrected chi connectivity index (χ2v) is 2.83. The van der Waals surface area contributed by atoms with Gasteiger partial charge in [0, 0.05) is 18.0 Å². The van der Waals surface area contributed by atoms with Crippen molar-refractivity contribution in [3.63, 3.8) is 0 Å². The number of hydrogen-bond donors (Lipinski definition) is 0. The van der Waals surface area contributed by atoms with E-state index in [0.717, 1.165) is 11.3 Å². The van der Waals surface area contributed by atoms with E-state index in [1.54, 1.807) is 12.4 Å². The van der Waals surface area contributed by atoms with Gasteiger partial charge >= 0.3 is 0 Å². The molecule has 2 heteroatoms. The van der Waals surface area contributed by atoms with Crippen LogP contribution in [-0.2, 0) is 0 Å². The van der Waals surface area contributed by atoms with Crippen LogP contribution in [0.25, 0.3) is 11.3 Å². The highest BCUT2D eigenvalue weighted by Crippen LogP contribution is 2.18. The zero-order valence-electron chi connectivity index (χ0n) is 7.36. The Labute approximate surface area is 77.3 Å². The molecule has 13 heavy (non-hydrogen) atoms. The summed E-state index contributed by atoms with van der Waals surface area (Å²) in [6.07, 6.45) is 6.17. The lowest BCUT2D eigenvalue weighted by Gasteiger charge is -2.01. The lowest BCUT2D eigenvalue weighted by molar-refractivity contribution is 1.19. The molecule has 2 rings (SSSR count). The van der Waals surface area contributed by atoms with E-state index in [-0.39, 0.29) is 0 Å². The monoisotopic (exact) mass is 169 g/mol. The number of nitrogens with zero attached hydrogens (tertiary/aromatic N) is 2. The Kier molecular flexibility index (Phi) is 2.04. The van der Waals surface area contributed by atoms with Crippen molar-refractivity contribution in [2.45, 2.75) is 6.92 Å². The van der Waals surface area contributed by atoms with E-state index in [1.165, 1.54) is 5.56 Å². The van der Waals surface area contributed by atoms with E-state index in [9.17, 15) is 0 Å². The van der Waals surface area contributed by atoms with E-state index >= 15 is 0 Å². The summed E-state index contributed by atoms with van der Waals surface area (Å²) in [5, 5.41) is 0. The molecule has 0 N–H and O–H groups in total. The third kappa shape index (κ3) is 1.56. The second kappa shape index (κ2) is 3.35. The van der Waals surface area contributed by atoms with Gasteiger partial charge in [-0.05, 0) is 12.5 Å². The quantitative estimate of drug-likeness (QED) is 0.654. The minimum absolute atomic E-state index is 0.806. The Balaban J connectivity index is 2.54. The van der Waals surface area contributed by atoms with Crippen molar-refractivity contribution in [3.8, 4) is 11.3 Å². The molecule has 0 aliphatic carbocycles. The van der Waals surface area contributed by atoms with Gasteiger partial charge in [0.2, 0.25) is 0 Å². The van der Waals surface area contributed by atoms with E-state index in [4.69, 9.17) is 0 Å². The maximum Gasteiger partial charge on any atom is 0.117 e. The molecule has 0 amide bonds. The van der Waals surface area contributed by atoms with Crippen LogP contribution in [0.5, 0.6) is 0 Å². The predicted molar refractivity (Wildman–Crippen MR) is 51.0 cm³/mol. The van der Waals surface area contributed by atoms with Gasteiger partial charge in [-0.3, -0.25) is 9.97 Å². The molecule has 63 valence electrons. The van der Waals surface area contributed by atoms with Crippen LogP contribution >= 0.6 is 0 Å². The van der Waals surface area contributed by atoms with Crippen molar-refractivity contribution in [1.82, 2.24) is 9.97 Å². The number of benzene rings is 1. The van der Waals surface area contributed by atoms with Gasteiger partial charge in [-0.2, -0.15) is 0 Å². The molecule has 0 unspecified atom stereocenters. The van der Waals surface area contributed by atoms with Crippen LogP contribution in [0.2, 0.25) is 0 Å². The average Bonchev–Trinajstić information content (AvgIpc) is 2.20. The molecule has 2 nitrogen and oxygen atoms in total. The van der Waals surface area contributed by atoms with Gasteiger partial charge in [-0.25, -0.2) is 0 Å². The van der Waals surface area contributed by atoms with Crippen molar-refractivity contribution in [3.05, 3.63) is 48.4 Å². The van der Waals surface area contributed by atoms with Gasteiger partial charge in [0.15, 0.2) is 0 Å². The molecule has 1 heterocycles. The van der Waals surface area contributed by atoms with Gasteiger partial charge in [0.05, 0.1) is 5.69 Å². The Morgan fingerprint density at radius 1 is 1.15 bits per heavy atom. The highest BCUT2D eigenvalue weighted by Gasteiger charge is 2.00. The average molecular weight is 169 g/mol. The van der Waals surface area contributed by atoms with Crippen LogP contribution in [0.3, 0.4) is 0 Å². The highest BCUT2D eigenvalue weighted by molar-refractivity contribution is 5.61. The lowest BCUT2D eigenvalue weighted by Crippen LogP contribution is -1.87. The summed E-state index contributed by atoms with van der Waals surface area (Å²) in [6, 6.07) is 8.08. The topological polar surface area (TPSA) is 25.8 Å². The number of hydrogen-bond acceptors (Lipinski definition) is 2. The second-order valence-electron chi connectivity index (χ2n) is 2.83. The molecular weight excluding hydrogens is 160 g/mol. The SMILES string of the molecule is Cc1ccccc1-c1[c]nccn1. The fraction of sp³-hybridized carbons (Fsp3) is 0.0909. The van der Waals surface area contributed by atoms with Gasteiger partial charge in [-0.15, -0.1) is 0 Å². The molecular formula is C11H9N2. The smallest absolute Gasteiger partial charge is 0.117 e. The zero-order chi connectivity index (χ0) is 9.10. The van der Waals surface area contributed by atoms with Crippen LogP contribution < -0.4 is 0 Å². The summed E-state index contributed by atoms with van der Waals surface area (Å²) in [5.41, 5.74) is 3.09. The van der Waals surface area contributed by atoms with Crippen LogP contribution in [-0.4, -0.2) is 9.97 Å². The molecule has 0 aliphatic rings. The summed E-state index contributed by atoms with van der Waals surface area (Å²) < 4.78 is 0. The van der Waals surface area contributed by atoms with E-state index in [0.29, 0.717) is 0 Å². The summed E-state index contributed by atoms with van der Waals surface area (Å²) in [7, 11) is 0. The molecule has 0 bridgehead atoms. The number of aromatic nitrogens is 2. The van der Waals surface area contributed by atoms with Gasteiger partial charge in [0.25, 0.3) is 0 Å². The fourth-order valence-corrected chi connectivity index (χ4v) is 1.24. The third-order valence-electron chi connectivity index (χ3n) is 1.92. The van der Waals surface area contributed by atoms with Crippen molar-refractivity contribution < 1.29 is 0 Å². The van der Waals surface area contributed by atoms with Gasteiger partial charge < -0.3 is 0 Å². The fourth-order valence-electron chi connectivity index (χ4n) is 1.24. The first-order chi connectivity index (χ1) is 6.38. The van der Waals surface area contributed by atoms with Crippen LogP contribution in [0.15, 0.2) is 36.7 Å². The maximum absolute atomic E-state index is 4.19. The molecule has 1 aromatic carbocycles. The molecule has 2 aromatic rings. The van der Waals surface area contributed by atoms with Crippen molar-refractivity contribution in [1.29, 1.82) is 0 Å². The molecule has 0 fully saturated rings. The van der Waals surface area contributed by atoms with Crippen LogP contribution in [0.4, 0.5) is 0 Å². The Hall–Kier alpha value is -1.70. The molecule has 0 atom stereocenters. The third-order valence-corrected chi connectivity index (χ3v) is 1.92. The Morgan fingerprint density at radius 2 is 2.00 bits per heavy atom.